The lowest BCUT2D eigenvalue weighted by Crippen LogP contribution is -2.15. The molecule has 0 saturated carbocycles. The monoisotopic (exact) mass is 367 g/mol. The van der Waals surface area contributed by atoms with Gasteiger partial charge >= 0.3 is 0 Å². The number of sulfonamides is 1. The second-order valence-corrected chi connectivity index (χ2v) is 6.47. The predicted molar refractivity (Wildman–Crippen MR) is 80.9 cm³/mol. The van der Waals surface area contributed by atoms with E-state index in [1.54, 1.807) is 6.07 Å². The van der Waals surface area contributed by atoms with E-state index in [4.69, 9.17) is 39.5 Å². The zero-order valence-corrected chi connectivity index (χ0v) is 13.6. The standard InChI is InChI=1S/C11H8Cl3N3O3S/c1-20-11-10(15-8(13)9(14)16-11)17-21(18,19)7-5-3-2-4-6(7)12/h2-5H,1H3,(H,15,17). The third-order valence-electron chi connectivity index (χ3n) is 2.33. The van der Waals surface area contributed by atoms with Crippen molar-refractivity contribution in [3.63, 3.8) is 0 Å². The maximum absolute atomic E-state index is 12.3. The van der Waals surface area contributed by atoms with Gasteiger partial charge in [0.05, 0.1) is 12.1 Å². The molecule has 0 amide bonds. The topological polar surface area (TPSA) is 81.2 Å². The van der Waals surface area contributed by atoms with E-state index in [-0.39, 0.29) is 31.9 Å². The van der Waals surface area contributed by atoms with Crippen molar-refractivity contribution in [1.29, 1.82) is 0 Å². The second-order valence-electron chi connectivity index (χ2n) is 3.70. The van der Waals surface area contributed by atoms with Crippen LogP contribution in [0, 0.1) is 0 Å². The Morgan fingerprint density at radius 2 is 1.71 bits per heavy atom. The van der Waals surface area contributed by atoms with Gasteiger partial charge in [-0.1, -0.05) is 46.9 Å². The lowest BCUT2D eigenvalue weighted by Gasteiger charge is -2.11. The summed E-state index contributed by atoms with van der Waals surface area (Å²) in [7, 11) is -2.68. The molecule has 0 spiro atoms. The summed E-state index contributed by atoms with van der Waals surface area (Å²) in [5.74, 6) is -0.299. The van der Waals surface area contributed by atoms with Crippen LogP contribution in [0.5, 0.6) is 5.88 Å². The van der Waals surface area contributed by atoms with E-state index < -0.39 is 10.0 Å². The van der Waals surface area contributed by atoms with E-state index in [1.807, 2.05) is 0 Å². The van der Waals surface area contributed by atoms with Gasteiger partial charge in [-0.05, 0) is 12.1 Å². The van der Waals surface area contributed by atoms with Crippen molar-refractivity contribution in [3.05, 3.63) is 39.6 Å². The van der Waals surface area contributed by atoms with Crippen molar-refractivity contribution in [3.8, 4) is 5.88 Å². The van der Waals surface area contributed by atoms with Crippen molar-refractivity contribution in [1.82, 2.24) is 9.97 Å². The zero-order valence-electron chi connectivity index (χ0n) is 10.5. The predicted octanol–water partition coefficient (Wildman–Crippen LogP) is 3.25. The molecule has 0 saturated heterocycles. The molecule has 0 bridgehead atoms. The molecule has 1 N–H and O–H groups in total. The minimum absolute atomic E-state index is 0.0667. The average molecular weight is 369 g/mol. The highest BCUT2D eigenvalue weighted by atomic mass is 35.5. The van der Waals surface area contributed by atoms with Crippen LogP contribution in [-0.2, 0) is 10.0 Å². The van der Waals surface area contributed by atoms with Crippen molar-refractivity contribution in [2.24, 2.45) is 0 Å². The molecule has 10 heteroatoms. The summed E-state index contributed by atoms with van der Waals surface area (Å²) in [5.41, 5.74) is 0. The van der Waals surface area contributed by atoms with Crippen molar-refractivity contribution in [2.45, 2.75) is 4.90 Å². The number of hydrogen-bond donors (Lipinski definition) is 1. The number of rotatable bonds is 4. The fourth-order valence-electron chi connectivity index (χ4n) is 1.43. The molecule has 0 aliphatic rings. The van der Waals surface area contributed by atoms with Crippen LogP contribution in [0.1, 0.15) is 0 Å². The maximum atomic E-state index is 12.3. The zero-order chi connectivity index (χ0) is 15.6. The summed E-state index contributed by atoms with van der Waals surface area (Å²) < 4.78 is 31.7. The summed E-state index contributed by atoms with van der Waals surface area (Å²) in [6.45, 7) is 0. The summed E-state index contributed by atoms with van der Waals surface area (Å²) in [5, 5.41) is -0.194. The fourth-order valence-corrected chi connectivity index (χ4v) is 3.20. The Kier molecular flexibility index (Phi) is 4.77. The van der Waals surface area contributed by atoms with Gasteiger partial charge in [-0.15, -0.1) is 0 Å². The Bertz CT molecular complexity index is 784. The molecule has 2 rings (SSSR count). The molecule has 0 aliphatic carbocycles. The van der Waals surface area contributed by atoms with E-state index in [1.165, 1.54) is 25.3 Å². The van der Waals surface area contributed by atoms with Crippen molar-refractivity contribution in [2.75, 3.05) is 11.8 Å². The second kappa shape index (κ2) is 6.23. The Morgan fingerprint density at radius 3 is 2.33 bits per heavy atom. The highest BCUT2D eigenvalue weighted by Crippen LogP contribution is 2.30. The largest absolute Gasteiger partial charge is 0.478 e. The van der Waals surface area contributed by atoms with E-state index in [9.17, 15) is 8.42 Å². The molecule has 112 valence electrons. The normalized spacial score (nSPS) is 11.2. The third-order valence-corrected chi connectivity index (χ3v) is 4.80. The highest BCUT2D eigenvalue weighted by molar-refractivity contribution is 7.92. The quantitative estimate of drug-likeness (QED) is 0.896. The molecule has 0 radical (unpaired) electrons. The molecule has 6 nitrogen and oxygen atoms in total. The number of ether oxygens (including phenoxy) is 1. The summed E-state index contributed by atoms with van der Waals surface area (Å²) >= 11 is 17.3. The molecule has 1 aromatic heterocycles. The molecular formula is C11H8Cl3N3O3S. The smallest absolute Gasteiger partial charge is 0.264 e. The molecule has 1 heterocycles. The molecular weight excluding hydrogens is 361 g/mol. The lowest BCUT2D eigenvalue weighted by atomic mass is 10.4. The summed E-state index contributed by atoms with van der Waals surface area (Å²) in [4.78, 5) is 7.47. The Balaban J connectivity index is 2.47. The van der Waals surface area contributed by atoms with Crippen LogP contribution < -0.4 is 9.46 Å². The molecule has 0 unspecified atom stereocenters. The van der Waals surface area contributed by atoms with Gasteiger partial charge in [0.15, 0.2) is 10.3 Å². The first kappa shape index (κ1) is 16.1. The van der Waals surface area contributed by atoms with Gasteiger partial charge in [0.25, 0.3) is 15.9 Å². The number of hydrogen-bond acceptors (Lipinski definition) is 5. The minimum atomic E-state index is -3.97. The molecule has 2 aromatic rings. The lowest BCUT2D eigenvalue weighted by molar-refractivity contribution is 0.398. The highest BCUT2D eigenvalue weighted by Gasteiger charge is 2.22. The van der Waals surface area contributed by atoms with Crippen molar-refractivity contribution >= 4 is 50.6 Å². The molecule has 1 aromatic carbocycles. The third kappa shape index (κ3) is 3.49. The van der Waals surface area contributed by atoms with Crippen LogP contribution in [0.15, 0.2) is 29.2 Å². The van der Waals surface area contributed by atoms with E-state index in [0.717, 1.165) is 0 Å². The van der Waals surface area contributed by atoms with Gasteiger partial charge in [0, 0.05) is 0 Å². The van der Waals surface area contributed by atoms with Crippen LogP contribution in [0.2, 0.25) is 15.3 Å². The number of nitrogens with one attached hydrogen (secondary N) is 1. The number of methoxy groups -OCH3 is 1. The Hall–Kier alpha value is -1.28. The van der Waals surface area contributed by atoms with Gasteiger partial charge in [0.2, 0.25) is 5.82 Å². The van der Waals surface area contributed by atoms with Crippen LogP contribution >= 0.6 is 34.8 Å². The molecule has 0 fully saturated rings. The fraction of sp³-hybridized carbons (Fsp3) is 0.0909. The van der Waals surface area contributed by atoms with Crippen LogP contribution in [0.4, 0.5) is 5.82 Å². The van der Waals surface area contributed by atoms with E-state index in [2.05, 4.69) is 14.7 Å². The Morgan fingerprint density at radius 1 is 1.10 bits per heavy atom. The van der Waals surface area contributed by atoms with E-state index >= 15 is 0 Å². The number of halogens is 3. The minimum Gasteiger partial charge on any atom is -0.478 e. The summed E-state index contributed by atoms with van der Waals surface area (Å²) in [6, 6.07) is 5.95. The first-order valence-electron chi connectivity index (χ1n) is 5.39. The van der Waals surface area contributed by atoms with Crippen molar-refractivity contribution < 1.29 is 13.2 Å². The molecule has 21 heavy (non-hydrogen) atoms. The summed E-state index contributed by atoms with van der Waals surface area (Å²) in [6.07, 6.45) is 0. The van der Waals surface area contributed by atoms with Gasteiger partial charge in [-0.25, -0.2) is 13.4 Å². The SMILES string of the molecule is COc1nc(Cl)c(Cl)nc1NS(=O)(=O)c1ccccc1Cl. The van der Waals surface area contributed by atoms with Crippen LogP contribution in [0.25, 0.3) is 0 Å². The van der Waals surface area contributed by atoms with Gasteiger partial charge in [0.1, 0.15) is 4.90 Å². The van der Waals surface area contributed by atoms with Gasteiger partial charge in [-0.3, -0.25) is 4.72 Å². The van der Waals surface area contributed by atoms with Crippen LogP contribution in [-0.4, -0.2) is 25.5 Å². The van der Waals surface area contributed by atoms with Gasteiger partial charge < -0.3 is 4.74 Å². The molecule has 0 atom stereocenters. The first-order valence-corrected chi connectivity index (χ1v) is 8.01. The number of aromatic nitrogens is 2. The number of nitrogens with zero attached hydrogens (tertiary/aromatic N) is 2. The van der Waals surface area contributed by atoms with Crippen LogP contribution in [0.3, 0.4) is 0 Å². The number of anilines is 1. The number of benzene rings is 1. The molecule has 0 aliphatic heterocycles. The first-order chi connectivity index (χ1) is 9.85. The average Bonchev–Trinajstić information content (AvgIpc) is 2.42. The Labute approximate surface area is 136 Å². The van der Waals surface area contributed by atoms with E-state index in [0.29, 0.717) is 0 Å². The maximum Gasteiger partial charge on any atom is 0.264 e. The van der Waals surface area contributed by atoms with Gasteiger partial charge in [-0.2, -0.15) is 4.98 Å².